The summed E-state index contributed by atoms with van der Waals surface area (Å²) in [6.07, 6.45) is 3.52. The van der Waals surface area contributed by atoms with Crippen LogP contribution in [-0.4, -0.2) is 73.0 Å². The third kappa shape index (κ3) is 7.59. The van der Waals surface area contributed by atoms with Gasteiger partial charge in [-0.2, -0.15) is 0 Å². The fraction of sp³-hybridized carbons (Fsp3) is 0.308. The summed E-state index contributed by atoms with van der Waals surface area (Å²) in [4.78, 5) is 52.7. The van der Waals surface area contributed by atoms with Crippen LogP contribution < -0.4 is 16.0 Å². The third-order valence-corrected chi connectivity index (χ3v) is 11.5. The summed E-state index contributed by atoms with van der Waals surface area (Å²) in [5.41, 5.74) is 6.14. The van der Waals surface area contributed by atoms with E-state index in [1.54, 1.807) is 21.9 Å². The lowest BCUT2D eigenvalue weighted by Gasteiger charge is -2.43. The van der Waals surface area contributed by atoms with Crippen LogP contribution in [0.4, 0.5) is 14.5 Å². The highest BCUT2D eigenvalue weighted by Gasteiger charge is 2.42. The van der Waals surface area contributed by atoms with Gasteiger partial charge in [-0.15, -0.1) is 11.3 Å². The van der Waals surface area contributed by atoms with Crippen LogP contribution in [-0.2, 0) is 11.3 Å². The number of carbonyl (C=O) groups is 2. The third-order valence-electron chi connectivity index (χ3n) is 10.2. The smallest absolute Gasteiger partial charge is 0.280 e. The Kier molecular flexibility index (Phi) is 10.5. The highest BCUT2D eigenvalue weighted by Crippen LogP contribution is 2.41. The van der Waals surface area contributed by atoms with Crippen molar-refractivity contribution in [3.63, 3.8) is 0 Å². The molecule has 15 heteroatoms. The summed E-state index contributed by atoms with van der Waals surface area (Å²) in [6.45, 7) is 2.66. The lowest BCUT2D eigenvalue weighted by atomic mass is 9.79. The average Bonchev–Trinajstić information content (AvgIpc) is 3.48. The van der Waals surface area contributed by atoms with Crippen LogP contribution in [0.5, 0.6) is 11.6 Å². The van der Waals surface area contributed by atoms with E-state index in [0.717, 1.165) is 22.6 Å². The first-order valence-corrected chi connectivity index (χ1v) is 18.6. The van der Waals surface area contributed by atoms with Crippen LogP contribution in [0.25, 0.3) is 11.1 Å². The summed E-state index contributed by atoms with van der Waals surface area (Å²) < 4.78 is 36.0. The van der Waals surface area contributed by atoms with Crippen molar-refractivity contribution in [1.29, 1.82) is 0 Å². The van der Waals surface area contributed by atoms with Crippen molar-refractivity contribution in [2.24, 2.45) is 5.92 Å². The van der Waals surface area contributed by atoms with Gasteiger partial charge in [0.25, 0.3) is 11.5 Å². The molecule has 2 fully saturated rings. The molecule has 0 spiro atoms. The van der Waals surface area contributed by atoms with E-state index in [9.17, 15) is 23.9 Å². The zero-order chi connectivity index (χ0) is 38.1. The van der Waals surface area contributed by atoms with Crippen molar-refractivity contribution >= 4 is 40.4 Å². The highest BCUT2D eigenvalue weighted by molar-refractivity contribution is 7.18. The van der Waals surface area contributed by atoms with Gasteiger partial charge < -0.3 is 25.4 Å². The van der Waals surface area contributed by atoms with Crippen molar-refractivity contribution in [1.82, 2.24) is 24.3 Å². The number of thiophene rings is 1. The van der Waals surface area contributed by atoms with Crippen molar-refractivity contribution in [3.05, 3.63) is 122 Å². The normalized spacial score (nSPS) is 18.4. The number of likely N-dealkylation sites (tertiary alicyclic amines) is 2. The molecule has 0 aliphatic carbocycles. The Bertz CT molecular complexity index is 2230. The molecule has 0 saturated carbocycles. The molecule has 2 aliphatic heterocycles. The molecule has 2 aliphatic rings. The number of ether oxygens (including phenoxy) is 1. The second-order valence-electron chi connectivity index (χ2n) is 13.7. The molecule has 0 unspecified atom stereocenters. The van der Waals surface area contributed by atoms with E-state index in [0.29, 0.717) is 12.0 Å². The molecule has 5 heterocycles. The molecule has 2 saturated heterocycles. The van der Waals surface area contributed by atoms with Gasteiger partial charge >= 0.3 is 0 Å². The van der Waals surface area contributed by atoms with Gasteiger partial charge in [0.1, 0.15) is 27.1 Å². The molecule has 2 aromatic carbocycles. The minimum Gasteiger partial charge on any atom is -0.437 e. The highest BCUT2D eigenvalue weighted by atomic mass is 35.5. The molecule has 11 nitrogen and oxygen atoms in total. The SMILES string of the molecule is Cc1ccc(-c2c(Cl)sc(C(=O)N3CC[C@@H](C(=O)N4CCC(O)(Cn5cnc(Oc6ccc(F)cc6)c(N)c5=O)CC4)[C@H](c4ccccc4)C3)c2F)cn1. The zero-order valence-corrected chi connectivity index (χ0v) is 30.8. The second-order valence-corrected chi connectivity index (χ2v) is 15.4. The molecular weight excluding hydrogens is 738 g/mol. The molecule has 3 aromatic heterocycles. The number of carbonyl (C=O) groups excluding carboxylic acids is 2. The van der Waals surface area contributed by atoms with Crippen molar-refractivity contribution < 1.29 is 28.2 Å². The first kappa shape index (κ1) is 37.1. The molecule has 54 heavy (non-hydrogen) atoms. The number of aliphatic hydroxyl groups is 1. The van der Waals surface area contributed by atoms with Crippen LogP contribution in [0.15, 0.2) is 84.0 Å². The van der Waals surface area contributed by atoms with Gasteiger partial charge in [-0.25, -0.2) is 13.8 Å². The fourth-order valence-electron chi connectivity index (χ4n) is 7.14. The Morgan fingerprint density at radius 2 is 1.74 bits per heavy atom. The maximum Gasteiger partial charge on any atom is 0.280 e. The van der Waals surface area contributed by atoms with E-state index >= 15 is 4.39 Å². The van der Waals surface area contributed by atoms with E-state index in [4.69, 9.17) is 22.1 Å². The Balaban J connectivity index is 1.03. The van der Waals surface area contributed by atoms with E-state index in [1.807, 2.05) is 37.3 Å². The number of aryl methyl sites for hydroxylation is 1. The number of amides is 2. The maximum absolute atomic E-state index is 15.8. The van der Waals surface area contributed by atoms with Crippen molar-refractivity contribution in [3.8, 4) is 22.8 Å². The standard InChI is InChI=1S/C39H37ClF2N6O5S/c1-23-7-8-25(19-44-23)30-31(42)33(54-34(30)40)38(51)47-16-13-28(29(20-47)24-5-3-2-4-6-24)36(49)46-17-14-39(52,15-18-46)21-48-22-45-35(32(43)37(48)50)53-27-11-9-26(41)10-12-27/h2-12,19,22,28-29,52H,13-18,20-21,43H2,1H3/t28-,29+/m1/s1. The second kappa shape index (κ2) is 15.3. The number of nitrogen functional groups attached to an aromatic ring is 1. The lowest BCUT2D eigenvalue weighted by molar-refractivity contribution is -0.142. The number of piperidine rings is 2. The molecule has 280 valence electrons. The molecular formula is C39H37ClF2N6O5S. The number of benzene rings is 2. The van der Waals surface area contributed by atoms with Crippen LogP contribution in [0, 0.1) is 24.5 Å². The summed E-state index contributed by atoms with van der Waals surface area (Å²) in [5.74, 6) is -2.42. The van der Waals surface area contributed by atoms with Crippen LogP contribution in [0.1, 0.15) is 46.1 Å². The molecule has 0 radical (unpaired) electrons. The number of anilines is 1. The number of nitrogens with two attached hydrogens (primary N) is 1. The monoisotopic (exact) mass is 774 g/mol. The van der Waals surface area contributed by atoms with Gasteiger partial charge in [0.05, 0.1) is 12.1 Å². The molecule has 2 atom stereocenters. The minimum absolute atomic E-state index is 0.0893. The molecule has 3 N–H and O–H groups in total. The predicted octanol–water partition coefficient (Wildman–Crippen LogP) is 6.28. The number of hydrogen-bond acceptors (Lipinski definition) is 9. The summed E-state index contributed by atoms with van der Waals surface area (Å²) >= 11 is 7.37. The number of pyridine rings is 1. The van der Waals surface area contributed by atoms with Crippen LogP contribution in [0.2, 0.25) is 4.34 Å². The van der Waals surface area contributed by atoms with Crippen molar-refractivity contribution in [2.75, 3.05) is 31.9 Å². The van der Waals surface area contributed by atoms with Crippen molar-refractivity contribution in [2.45, 2.75) is 44.2 Å². The Morgan fingerprint density at radius 3 is 2.43 bits per heavy atom. The molecule has 0 bridgehead atoms. The first-order chi connectivity index (χ1) is 25.9. The quantitative estimate of drug-likeness (QED) is 0.188. The Labute approximate surface area is 318 Å². The van der Waals surface area contributed by atoms with Gasteiger partial charge in [-0.1, -0.05) is 48.0 Å². The first-order valence-electron chi connectivity index (χ1n) is 17.5. The molecule has 2 amide bonds. The summed E-state index contributed by atoms with van der Waals surface area (Å²) in [5, 5.41) is 11.5. The topological polar surface area (TPSA) is 144 Å². The van der Waals surface area contributed by atoms with E-state index in [1.165, 1.54) is 41.4 Å². The van der Waals surface area contributed by atoms with Gasteiger partial charge in [0, 0.05) is 61.0 Å². The maximum atomic E-state index is 15.8. The average molecular weight is 775 g/mol. The number of halogens is 3. The van der Waals surface area contributed by atoms with Gasteiger partial charge in [-0.3, -0.25) is 23.9 Å². The number of hydrogen-bond donors (Lipinski definition) is 2. The van der Waals surface area contributed by atoms with E-state index in [-0.39, 0.29) is 89.5 Å². The number of aromatic nitrogens is 3. The Hall–Kier alpha value is -5.18. The van der Waals surface area contributed by atoms with Gasteiger partial charge in [-0.05, 0) is 62.1 Å². The van der Waals surface area contributed by atoms with Gasteiger partial charge in [0.2, 0.25) is 11.8 Å². The molecule has 7 rings (SSSR count). The largest absolute Gasteiger partial charge is 0.437 e. The summed E-state index contributed by atoms with van der Waals surface area (Å²) in [7, 11) is 0. The lowest BCUT2D eigenvalue weighted by Crippen LogP contribution is -2.53. The Morgan fingerprint density at radius 1 is 1.02 bits per heavy atom. The van der Waals surface area contributed by atoms with E-state index in [2.05, 4.69) is 9.97 Å². The molecule has 5 aromatic rings. The fourth-order valence-corrected chi connectivity index (χ4v) is 8.46. The van der Waals surface area contributed by atoms with Crippen LogP contribution >= 0.6 is 22.9 Å². The van der Waals surface area contributed by atoms with E-state index < -0.39 is 34.6 Å². The zero-order valence-electron chi connectivity index (χ0n) is 29.3. The number of nitrogens with zero attached hydrogens (tertiary/aromatic N) is 5. The predicted molar refractivity (Wildman–Crippen MR) is 201 cm³/mol. The van der Waals surface area contributed by atoms with Gasteiger partial charge in [0.15, 0.2) is 11.5 Å². The number of rotatable bonds is 8. The summed E-state index contributed by atoms with van der Waals surface area (Å²) in [6, 6.07) is 18.1. The minimum atomic E-state index is -1.32. The van der Waals surface area contributed by atoms with Crippen LogP contribution in [0.3, 0.4) is 0 Å².